The molecule has 0 aromatic heterocycles. The van der Waals surface area contributed by atoms with Gasteiger partial charge in [-0.2, -0.15) is 0 Å². The van der Waals surface area contributed by atoms with Crippen molar-refractivity contribution in [3.8, 4) is 0 Å². The average Bonchev–Trinajstić information content (AvgIpc) is 2.36. The van der Waals surface area contributed by atoms with Crippen LogP contribution in [-0.4, -0.2) is 5.33 Å². The van der Waals surface area contributed by atoms with Gasteiger partial charge in [0.15, 0.2) is 0 Å². The number of alkyl halides is 1. The van der Waals surface area contributed by atoms with Gasteiger partial charge in [0, 0.05) is 10.4 Å². The summed E-state index contributed by atoms with van der Waals surface area (Å²) in [7, 11) is 0. The molecule has 0 N–H and O–H groups in total. The van der Waals surface area contributed by atoms with Crippen LogP contribution in [0.15, 0.2) is 11.6 Å². The van der Waals surface area contributed by atoms with E-state index in [0.717, 1.165) is 16.8 Å². The lowest BCUT2D eigenvalue weighted by molar-refractivity contribution is 0.351. The third-order valence-electron chi connectivity index (χ3n) is 2.51. The second kappa shape index (κ2) is 3.95. The van der Waals surface area contributed by atoms with Gasteiger partial charge in [-0.1, -0.05) is 47.0 Å². The quantitative estimate of drug-likeness (QED) is 0.649. The van der Waals surface area contributed by atoms with Crippen molar-refractivity contribution in [2.24, 2.45) is 5.41 Å². The first kappa shape index (κ1) is 9.60. The predicted octanol–water partition coefficient (Wildman–Crippen LogP) is 4.08. The average molecular weight is 238 g/mol. The highest BCUT2D eigenvalue weighted by molar-refractivity contribution is 9.09. The standard InChI is InChI=1S/C9H14BrCl/c1-8(11)6-9(7-10)4-2-3-5-9/h1-7H2. The van der Waals surface area contributed by atoms with Crippen molar-refractivity contribution in [1.29, 1.82) is 0 Å². The van der Waals surface area contributed by atoms with Gasteiger partial charge in [0.25, 0.3) is 0 Å². The summed E-state index contributed by atoms with van der Waals surface area (Å²) in [6.45, 7) is 3.76. The molecule has 1 saturated carbocycles. The van der Waals surface area contributed by atoms with Crippen molar-refractivity contribution in [1.82, 2.24) is 0 Å². The van der Waals surface area contributed by atoms with Crippen molar-refractivity contribution in [3.05, 3.63) is 11.6 Å². The first-order valence-electron chi connectivity index (χ1n) is 4.08. The third-order valence-corrected chi connectivity index (χ3v) is 3.84. The van der Waals surface area contributed by atoms with E-state index in [1.165, 1.54) is 25.7 Å². The molecule has 0 nitrogen and oxygen atoms in total. The van der Waals surface area contributed by atoms with E-state index < -0.39 is 0 Å². The molecule has 0 unspecified atom stereocenters. The van der Waals surface area contributed by atoms with Crippen molar-refractivity contribution < 1.29 is 0 Å². The molecule has 0 aromatic rings. The van der Waals surface area contributed by atoms with Gasteiger partial charge in [-0.3, -0.25) is 0 Å². The molecular weight excluding hydrogens is 223 g/mol. The predicted molar refractivity (Wildman–Crippen MR) is 54.3 cm³/mol. The summed E-state index contributed by atoms with van der Waals surface area (Å²) in [5.74, 6) is 0. The fraction of sp³-hybridized carbons (Fsp3) is 0.778. The van der Waals surface area contributed by atoms with Crippen LogP contribution in [0.5, 0.6) is 0 Å². The fourth-order valence-electron chi connectivity index (χ4n) is 1.89. The molecule has 0 atom stereocenters. The highest BCUT2D eigenvalue weighted by Gasteiger charge is 2.32. The van der Waals surface area contributed by atoms with Gasteiger partial charge < -0.3 is 0 Å². The monoisotopic (exact) mass is 236 g/mol. The van der Waals surface area contributed by atoms with Gasteiger partial charge in [0.05, 0.1) is 0 Å². The second-order valence-electron chi connectivity index (χ2n) is 3.53. The smallest absolute Gasteiger partial charge is 0.0115 e. The van der Waals surface area contributed by atoms with Crippen LogP contribution in [0, 0.1) is 5.41 Å². The maximum Gasteiger partial charge on any atom is 0.0115 e. The van der Waals surface area contributed by atoms with Gasteiger partial charge in [-0.15, -0.1) is 0 Å². The summed E-state index contributed by atoms with van der Waals surface area (Å²) >= 11 is 9.37. The zero-order chi connectivity index (χ0) is 8.32. The Kier molecular flexibility index (Phi) is 3.45. The summed E-state index contributed by atoms with van der Waals surface area (Å²) in [6, 6.07) is 0. The maximum absolute atomic E-state index is 5.81. The molecule has 0 heterocycles. The molecule has 1 aliphatic rings. The van der Waals surface area contributed by atoms with E-state index in [0.29, 0.717) is 5.41 Å². The molecule has 0 aliphatic heterocycles. The first-order valence-corrected chi connectivity index (χ1v) is 5.58. The number of hydrogen-bond acceptors (Lipinski definition) is 0. The van der Waals surface area contributed by atoms with Crippen LogP contribution in [0.3, 0.4) is 0 Å². The highest BCUT2D eigenvalue weighted by Crippen LogP contribution is 2.44. The molecule has 1 aliphatic carbocycles. The molecule has 0 bridgehead atoms. The van der Waals surface area contributed by atoms with Crippen molar-refractivity contribution in [3.63, 3.8) is 0 Å². The summed E-state index contributed by atoms with van der Waals surface area (Å²) < 4.78 is 0. The topological polar surface area (TPSA) is 0 Å². The Labute approximate surface area is 82.1 Å². The van der Waals surface area contributed by atoms with E-state index in [4.69, 9.17) is 11.6 Å². The van der Waals surface area contributed by atoms with E-state index >= 15 is 0 Å². The molecule has 1 rings (SSSR count). The molecule has 0 saturated heterocycles. The molecule has 2 heteroatoms. The Balaban J connectivity index is 2.52. The lowest BCUT2D eigenvalue weighted by Crippen LogP contribution is -2.17. The fourth-order valence-corrected chi connectivity index (χ4v) is 2.93. The number of allylic oxidation sites excluding steroid dienone is 1. The first-order chi connectivity index (χ1) is 5.18. The van der Waals surface area contributed by atoms with E-state index in [-0.39, 0.29) is 0 Å². The van der Waals surface area contributed by atoms with E-state index in [9.17, 15) is 0 Å². The van der Waals surface area contributed by atoms with E-state index in [2.05, 4.69) is 22.5 Å². The number of hydrogen-bond donors (Lipinski definition) is 0. The van der Waals surface area contributed by atoms with Gasteiger partial charge in [-0.25, -0.2) is 0 Å². The lowest BCUT2D eigenvalue weighted by Gasteiger charge is -2.25. The molecule has 1 fully saturated rings. The zero-order valence-corrected chi connectivity index (χ0v) is 9.05. The SMILES string of the molecule is C=C(Cl)CC1(CBr)CCCC1. The normalized spacial score (nSPS) is 22.0. The lowest BCUT2D eigenvalue weighted by atomic mass is 9.85. The van der Waals surface area contributed by atoms with Crippen molar-refractivity contribution in [2.45, 2.75) is 32.1 Å². The van der Waals surface area contributed by atoms with Crippen LogP contribution in [0.25, 0.3) is 0 Å². The molecular formula is C9H14BrCl. The van der Waals surface area contributed by atoms with Gasteiger partial charge in [0.1, 0.15) is 0 Å². The minimum Gasteiger partial charge on any atom is -0.0922 e. The van der Waals surface area contributed by atoms with Crippen molar-refractivity contribution in [2.75, 3.05) is 5.33 Å². The Morgan fingerprint density at radius 3 is 2.36 bits per heavy atom. The van der Waals surface area contributed by atoms with Crippen LogP contribution in [0.2, 0.25) is 0 Å². The van der Waals surface area contributed by atoms with Gasteiger partial charge >= 0.3 is 0 Å². The Morgan fingerprint density at radius 2 is 2.00 bits per heavy atom. The molecule has 0 spiro atoms. The van der Waals surface area contributed by atoms with E-state index in [1.54, 1.807) is 0 Å². The third kappa shape index (κ3) is 2.48. The van der Waals surface area contributed by atoms with Crippen molar-refractivity contribution >= 4 is 27.5 Å². The summed E-state index contributed by atoms with van der Waals surface area (Å²) in [4.78, 5) is 0. The summed E-state index contributed by atoms with van der Waals surface area (Å²) in [5.41, 5.74) is 0.443. The van der Waals surface area contributed by atoms with Crippen LogP contribution in [0.1, 0.15) is 32.1 Å². The Bertz CT molecular complexity index is 148. The Morgan fingerprint density at radius 1 is 1.45 bits per heavy atom. The molecule has 0 amide bonds. The number of halogens is 2. The molecule has 0 radical (unpaired) electrons. The highest BCUT2D eigenvalue weighted by atomic mass is 79.9. The summed E-state index contributed by atoms with van der Waals surface area (Å²) in [5, 5.41) is 1.89. The number of rotatable bonds is 3. The minimum absolute atomic E-state index is 0.443. The minimum atomic E-state index is 0.443. The second-order valence-corrected chi connectivity index (χ2v) is 4.63. The van der Waals surface area contributed by atoms with Crippen LogP contribution in [-0.2, 0) is 0 Å². The zero-order valence-electron chi connectivity index (χ0n) is 6.71. The van der Waals surface area contributed by atoms with Gasteiger partial charge in [0.2, 0.25) is 0 Å². The summed E-state index contributed by atoms with van der Waals surface area (Å²) in [6.07, 6.45) is 6.32. The van der Waals surface area contributed by atoms with Crippen LogP contribution in [0.4, 0.5) is 0 Å². The van der Waals surface area contributed by atoms with Crippen LogP contribution >= 0.6 is 27.5 Å². The molecule has 11 heavy (non-hydrogen) atoms. The van der Waals surface area contributed by atoms with Crippen LogP contribution < -0.4 is 0 Å². The van der Waals surface area contributed by atoms with E-state index in [1.807, 2.05) is 0 Å². The largest absolute Gasteiger partial charge is 0.0922 e. The van der Waals surface area contributed by atoms with Gasteiger partial charge in [-0.05, 0) is 24.7 Å². The maximum atomic E-state index is 5.81. The molecule has 0 aromatic carbocycles. The molecule has 64 valence electrons. The Hall–Kier alpha value is 0.510.